The largest absolute Gasteiger partial charge is 0.481 e. The van der Waals surface area contributed by atoms with Gasteiger partial charge in [0.15, 0.2) is 0 Å². The molecule has 0 unspecified atom stereocenters. The Morgan fingerprint density at radius 2 is 2.25 bits per heavy atom. The Morgan fingerprint density at radius 3 is 2.75 bits per heavy atom. The summed E-state index contributed by atoms with van der Waals surface area (Å²) in [5.74, 6) is 0.387. The molecule has 0 radical (unpaired) electrons. The van der Waals surface area contributed by atoms with E-state index in [9.17, 15) is 4.79 Å². The van der Waals surface area contributed by atoms with Crippen LogP contribution in [0.1, 0.15) is 31.3 Å². The van der Waals surface area contributed by atoms with E-state index in [-0.39, 0.29) is 17.3 Å². The summed E-state index contributed by atoms with van der Waals surface area (Å²) in [7, 11) is 1.60. The van der Waals surface area contributed by atoms with Gasteiger partial charge in [-0.2, -0.15) is 0 Å². The van der Waals surface area contributed by atoms with Crippen molar-refractivity contribution in [3.63, 3.8) is 0 Å². The molecule has 0 saturated heterocycles. The van der Waals surface area contributed by atoms with Crippen LogP contribution < -0.4 is 0 Å². The zero-order chi connectivity index (χ0) is 11.9. The van der Waals surface area contributed by atoms with Crippen LogP contribution >= 0.6 is 0 Å². The van der Waals surface area contributed by atoms with Crippen molar-refractivity contribution in [3.05, 3.63) is 23.7 Å². The third kappa shape index (κ3) is 1.63. The average Bonchev–Trinajstić information content (AvgIpc) is 2.57. The number of furan rings is 1. The summed E-state index contributed by atoms with van der Waals surface area (Å²) < 4.78 is 10.5. The maximum Gasteiger partial charge on any atom is 0.307 e. The van der Waals surface area contributed by atoms with Gasteiger partial charge in [0.2, 0.25) is 0 Å². The standard InChI is InChI=1S/C12H16O4/c1-12(2)9(10(12)11(13)14)8-5-4-7(16-8)6-15-3/h4-5,9-10H,6H2,1-3H3,(H,13,14)/t9-,10+/m1/s1. The molecule has 1 aromatic heterocycles. The molecule has 1 fully saturated rings. The van der Waals surface area contributed by atoms with Crippen LogP contribution in [-0.2, 0) is 16.1 Å². The zero-order valence-corrected chi connectivity index (χ0v) is 9.69. The summed E-state index contributed by atoms with van der Waals surface area (Å²) in [5.41, 5.74) is -0.214. The lowest BCUT2D eigenvalue weighted by Gasteiger charge is -1.98. The number of aliphatic carboxylic acids is 1. The first-order valence-corrected chi connectivity index (χ1v) is 5.29. The van der Waals surface area contributed by atoms with Gasteiger partial charge < -0.3 is 14.3 Å². The number of carbonyl (C=O) groups is 1. The molecule has 0 amide bonds. The van der Waals surface area contributed by atoms with E-state index < -0.39 is 5.97 Å². The molecule has 1 aliphatic carbocycles. The lowest BCUT2D eigenvalue weighted by atomic mass is 10.1. The van der Waals surface area contributed by atoms with E-state index in [0.717, 1.165) is 11.5 Å². The number of rotatable bonds is 4. The van der Waals surface area contributed by atoms with Crippen molar-refractivity contribution in [2.75, 3.05) is 7.11 Å². The predicted octanol–water partition coefficient (Wildman–Crippen LogP) is 2.25. The van der Waals surface area contributed by atoms with Gasteiger partial charge in [0.1, 0.15) is 18.1 Å². The molecule has 2 atom stereocenters. The summed E-state index contributed by atoms with van der Waals surface area (Å²) in [6, 6.07) is 3.69. The fraction of sp³-hybridized carbons (Fsp3) is 0.583. The van der Waals surface area contributed by atoms with Gasteiger partial charge in [0.25, 0.3) is 0 Å². The molecule has 16 heavy (non-hydrogen) atoms. The number of ether oxygens (including phenoxy) is 1. The van der Waals surface area contributed by atoms with Crippen LogP contribution in [0.2, 0.25) is 0 Å². The summed E-state index contributed by atoms with van der Waals surface area (Å²) >= 11 is 0. The summed E-state index contributed by atoms with van der Waals surface area (Å²) in [5, 5.41) is 9.06. The van der Waals surface area contributed by atoms with Gasteiger partial charge in [-0.3, -0.25) is 4.79 Å². The summed E-state index contributed by atoms with van der Waals surface area (Å²) in [6.45, 7) is 4.33. The van der Waals surface area contributed by atoms with Crippen molar-refractivity contribution >= 4 is 5.97 Å². The van der Waals surface area contributed by atoms with Crippen LogP contribution in [0.3, 0.4) is 0 Å². The Labute approximate surface area is 94.2 Å². The molecular weight excluding hydrogens is 208 g/mol. The van der Waals surface area contributed by atoms with E-state index >= 15 is 0 Å². The molecule has 4 heteroatoms. The smallest absolute Gasteiger partial charge is 0.307 e. The number of carboxylic acids is 1. The highest BCUT2D eigenvalue weighted by Gasteiger charge is 2.64. The highest BCUT2D eigenvalue weighted by Crippen LogP contribution is 2.64. The molecule has 1 heterocycles. The minimum Gasteiger partial charge on any atom is -0.481 e. The maximum absolute atomic E-state index is 11.0. The monoisotopic (exact) mass is 224 g/mol. The van der Waals surface area contributed by atoms with Crippen molar-refractivity contribution in [1.29, 1.82) is 0 Å². The second-order valence-electron chi connectivity index (χ2n) is 4.85. The molecule has 2 rings (SSSR count). The summed E-state index contributed by atoms with van der Waals surface area (Å²) in [6.07, 6.45) is 0. The number of hydrogen-bond acceptors (Lipinski definition) is 3. The van der Waals surface area contributed by atoms with Gasteiger partial charge >= 0.3 is 5.97 Å². The molecule has 1 saturated carbocycles. The van der Waals surface area contributed by atoms with Crippen LogP contribution in [-0.4, -0.2) is 18.2 Å². The SMILES string of the molecule is COCc1ccc([C@@H]2[C@@H](C(=O)O)C2(C)C)o1. The maximum atomic E-state index is 11.0. The topological polar surface area (TPSA) is 59.7 Å². The van der Waals surface area contributed by atoms with E-state index in [1.807, 2.05) is 26.0 Å². The van der Waals surface area contributed by atoms with Crippen LogP contribution in [0.15, 0.2) is 16.5 Å². The second kappa shape index (κ2) is 3.63. The van der Waals surface area contributed by atoms with Crippen LogP contribution in [0.25, 0.3) is 0 Å². The van der Waals surface area contributed by atoms with Gasteiger partial charge in [-0.1, -0.05) is 13.8 Å². The van der Waals surface area contributed by atoms with Crippen LogP contribution in [0, 0.1) is 11.3 Å². The lowest BCUT2D eigenvalue weighted by Crippen LogP contribution is -2.03. The fourth-order valence-corrected chi connectivity index (χ4v) is 2.41. The Morgan fingerprint density at radius 1 is 1.56 bits per heavy atom. The Balaban J connectivity index is 2.17. The van der Waals surface area contributed by atoms with Crippen molar-refractivity contribution < 1.29 is 19.1 Å². The van der Waals surface area contributed by atoms with Crippen molar-refractivity contribution in [3.8, 4) is 0 Å². The Kier molecular flexibility index (Phi) is 2.54. The second-order valence-corrected chi connectivity index (χ2v) is 4.85. The van der Waals surface area contributed by atoms with Crippen LogP contribution in [0.5, 0.6) is 0 Å². The minimum absolute atomic E-state index is 0.0180. The molecule has 0 aromatic carbocycles. The summed E-state index contributed by atoms with van der Waals surface area (Å²) in [4.78, 5) is 11.0. The molecule has 1 aromatic rings. The highest BCUT2D eigenvalue weighted by molar-refractivity contribution is 5.77. The van der Waals surface area contributed by atoms with Gasteiger partial charge in [-0.05, 0) is 17.5 Å². The van der Waals surface area contributed by atoms with Gasteiger partial charge in [-0.15, -0.1) is 0 Å². The molecule has 1 aliphatic rings. The molecular formula is C12H16O4. The van der Waals surface area contributed by atoms with Crippen molar-refractivity contribution in [1.82, 2.24) is 0 Å². The Hall–Kier alpha value is -1.29. The van der Waals surface area contributed by atoms with Gasteiger partial charge in [-0.25, -0.2) is 0 Å². The van der Waals surface area contributed by atoms with Crippen LogP contribution in [0.4, 0.5) is 0 Å². The number of hydrogen-bond donors (Lipinski definition) is 1. The fourth-order valence-electron chi connectivity index (χ4n) is 2.41. The van der Waals surface area contributed by atoms with E-state index in [1.165, 1.54) is 0 Å². The quantitative estimate of drug-likeness (QED) is 0.852. The molecule has 0 aliphatic heterocycles. The highest BCUT2D eigenvalue weighted by atomic mass is 16.5. The van der Waals surface area contributed by atoms with E-state index in [2.05, 4.69) is 0 Å². The third-order valence-electron chi connectivity index (χ3n) is 3.37. The molecule has 0 bridgehead atoms. The number of carboxylic acid groups (broad SMARTS) is 1. The minimum atomic E-state index is -0.750. The first-order chi connectivity index (χ1) is 7.48. The molecule has 88 valence electrons. The zero-order valence-electron chi connectivity index (χ0n) is 9.69. The van der Waals surface area contributed by atoms with Crippen molar-refractivity contribution in [2.24, 2.45) is 11.3 Å². The van der Waals surface area contributed by atoms with E-state index in [0.29, 0.717) is 6.61 Å². The van der Waals surface area contributed by atoms with Gasteiger partial charge in [0, 0.05) is 13.0 Å². The first-order valence-electron chi connectivity index (χ1n) is 5.29. The average molecular weight is 224 g/mol. The predicted molar refractivity (Wildman–Crippen MR) is 57.1 cm³/mol. The lowest BCUT2D eigenvalue weighted by molar-refractivity contribution is -0.139. The van der Waals surface area contributed by atoms with E-state index in [1.54, 1.807) is 7.11 Å². The molecule has 4 nitrogen and oxygen atoms in total. The van der Waals surface area contributed by atoms with Gasteiger partial charge in [0.05, 0.1) is 5.92 Å². The Bertz CT molecular complexity index is 405. The first kappa shape index (κ1) is 11.2. The third-order valence-corrected chi connectivity index (χ3v) is 3.37. The number of methoxy groups -OCH3 is 1. The molecule has 1 N–H and O–H groups in total. The molecule has 0 spiro atoms. The van der Waals surface area contributed by atoms with Crippen molar-refractivity contribution in [2.45, 2.75) is 26.4 Å². The normalized spacial score (nSPS) is 26.7. The van der Waals surface area contributed by atoms with E-state index in [4.69, 9.17) is 14.3 Å².